The fourth-order valence-electron chi connectivity index (χ4n) is 0.445. The van der Waals surface area contributed by atoms with Gasteiger partial charge in [0.2, 0.25) is 11.8 Å². The van der Waals surface area contributed by atoms with Gasteiger partial charge in [0.05, 0.1) is 0 Å². The number of carbonyl (C=O) groups excluding carboxylic acids is 2. The van der Waals surface area contributed by atoms with Crippen LogP contribution >= 0.6 is 0 Å². The summed E-state index contributed by atoms with van der Waals surface area (Å²) in [6, 6.07) is 0. The molecule has 0 bridgehead atoms. The Hall–Kier alpha value is -1.32. The van der Waals surface area contributed by atoms with Crippen molar-refractivity contribution >= 4 is 11.8 Å². The first-order chi connectivity index (χ1) is 4.95. The van der Waals surface area contributed by atoms with Crippen LogP contribution in [0.2, 0.25) is 0 Å². The SMILES string of the molecule is CC(=O)N(C)/C=C(/C)C(N)=O. The van der Waals surface area contributed by atoms with E-state index in [9.17, 15) is 9.59 Å². The lowest BCUT2D eigenvalue weighted by molar-refractivity contribution is -0.125. The zero-order valence-electron chi connectivity index (χ0n) is 6.92. The van der Waals surface area contributed by atoms with Crippen molar-refractivity contribution in [1.82, 2.24) is 4.90 Å². The Kier molecular flexibility index (Phi) is 3.30. The third-order valence-corrected chi connectivity index (χ3v) is 1.27. The van der Waals surface area contributed by atoms with Crippen molar-refractivity contribution < 1.29 is 9.59 Å². The van der Waals surface area contributed by atoms with Crippen molar-refractivity contribution in [2.75, 3.05) is 7.05 Å². The second kappa shape index (κ2) is 3.75. The molecule has 4 heteroatoms. The normalized spacial score (nSPS) is 11.0. The predicted octanol–water partition coefficient (Wildman–Crippen LogP) is -0.146. The van der Waals surface area contributed by atoms with Crippen LogP contribution in [0.4, 0.5) is 0 Å². The van der Waals surface area contributed by atoms with Crippen LogP contribution in [0.25, 0.3) is 0 Å². The summed E-state index contributed by atoms with van der Waals surface area (Å²) in [7, 11) is 1.56. The van der Waals surface area contributed by atoms with E-state index in [1.165, 1.54) is 18.0 Å². The van der Waals surface area contributed by atoms with Gasteiger partial charge < -0.3 is 10.6 Å². The summed E-state index contributed by atoms with van der Waals surface area (Å²) < 4.78 is 0. The maximum atomic E-state index is 10.6. The van der Waals surface area contributed by atoms with E-state index >= 15 is 0 Å². The molecule has 0 aliphatic rings. The molecule has 0 aliphatic heterocycles. The van der Waals surface area contributed by atoms with E-state index in [1.807, 2.05) is 0 Å². The first kappa shape index (κ1) is 9.68. The average molecular weight is 156 g/mol. The lowest BCUT2D eigenvalue weighted by Gasteiger charge is -2.08. The predicted molar refractivity (Wildman–Crippen MR) is 41.4 cm³/mol. The molecular weight excluding hydrogens is 144 g/mol. The lowest BCUT2D eigenvalue weighted by Crippen LogP contribution is -2.20. The van der Waals surface area contributed by atoms with Crippen LogP contribution in [0.15, 0.2) is 11.8 Å². The molecule has 0 fully saturated rings. The van der Waals surface area contributed by atoms with Crippen LogP contribution in [-0.2, 0) is 9.59 Å². The first-order valence-electron chi connectivity index (χ1n) is 3.16. The molecule has 0 atom stereocenters. The molecule has 62 valence electrons. The second-order valence-corrected chi connectivity index (χ2v) is 2.31. The minimum atomic E-state index is -0.516. The summed E-state index contributed by atoms with van der Waals surface area (Å²) in [5.74, 6) is -0.649. The molecular formula is C7H12N2O2. The van der Waals surface area contributed by atoms with E-state index in [4.69, 9.17) is 5.73 Å². The zero-order chi connectivity index (χ0) is 9.02. The third kappa shape index (κ3) is 3.40. The topological polar surface area (TPSA) is 63.4 Å². The Bertz CT molecular complexity index is 208. The Morgan fingerprint density at radius 1 is 1.36 bits per heavy atom. The number of rotatable bonds is 2. The van der Waals surface area contributed by atoms with Gasteiger partial charge in [-0.15, -0.1) is 0 Å². The Labute approximate surface area is 65.7 Å². The standard InChI is InChI=1S/C7H12N2O2/c1-5(7(8)11)4-9(3)6(2)10/h4H,1-3H3,(H2,8,11)/b5-4-. The molecule has 0 heterocycles. The van der Waals surface area contributed by atoms with Gasteiger partial charge in [-0.1, -0.05) is 0 Å². The molecule has 0 unspecified atom stereocenters. The number of hydrogen-bond acceptors (Lipinski definition) is 2. The van der Waals surface area contributed by atoms with Crippen LogP contribution in [-0.4, -0.2) is 23.8 Å². The minimum Gasteiger partial charge on any atom is -0.366 e. The zero-order valence-corrected chi connectivity index (χ0v) is 6.92. The number of primary amides is 1. The number of carbonyl (C=O) groups is 2. The van der Waals surface area contributed by atoms with E-state index in [1.54, 1.807) is 14.0 Å². The fourth-order valence-corrected chi connectivity index (χ4v) is 0.445. The molecule has 0 rings (SSSR count). The van der Waals surface area contributed by atoms with Gasteiger partial charge in [-0.05, 0) is 6.92 Å². The maximum Gasteiger partial charge on any atom is 0.245 e. The van der Waals surface area contributed by atoms with Gasteiger partial charge in [0.25, 0.3) is 0 Å². The van der Waals surface area contributed by atoms with Crippen molar-refractivity contribution in [3.8, 4) is 0 Å². The summed E-state index contributed by atoms with van der Waals surface area (Å²) in [6.45, 7) is 2.96. The molecule has 11 heavy (non-hydrogen) atoms. The van der Waals surface area contributed by atoms with Gasteiger partial charge in [-0.25, -0.2) is 0 Å². The molecule has 0 radical (unpaired) electrons. The van der Waals surface area contributed by atoms with Crippen LogP contribution < -0.4 is 5.73 Å². The highest BCUT2D eigenvalue weighted by Crippen LogP contribution is 1.93. The van der Waals surface area contributed by atoms with Crippen molar-refractivity contribution in [2.45, 2.75) is 13.8 Å². The highest BCUT2D eigenvalue weighted by atomic mass is 16.2. The Balaban J connectivity index is 4.31. The molecule has 0 saturated carbocycles. The monoisotopic (exact) mass is 156 g/mol. The third-order valence-electron chi connectivity index (χ3n) is 1.27. The quantitative estimate of drug-likeness (QED) is 0.565. The number of amides is 2. The summed E-state index contributed by atoms with van der Waals surface area (Å²) in [6.07, 6.45) is 1.41. The summed E-state index contributed by atoms with van der Waals surface area (Å²) in [5.41, 5.74) is 5.30. The minimum absolute atomic E-state index is 0.134. The molecule has 2 amide bonds. The largest absolute Gasteiger partial charge is 0.366 e. The number of nitrogens with two attached hydrogens (primary N) is 1. The van der Waals surface area contributed by atoms with Gasteiger partial charge >= 0.3 is 0 Å². The summed E-state index contributed by atoms with van der Waals surface area (Å²) in [5, 5.41) is 0. The molecule has 0 aromatic carbocycles. The van der Waals surface area contributed by atoms with E-state index in [0.29, 0.717) is 5.57 Å². The van der Waals surface area contributed by atoms with Crippen LogP contribution in [0, 0.1) is 0 Å². The summed E-state index contributed by atoms with van der Waals surface area (Å²) in [4.78, 5) is 22.4. The van der Waals surface area contributed by atoms with Crippen LogP contribution in [0.3, 0.4) is 0 Å². The van der Waals surface area contributed by atoms with E-state index in [0.717, 1.165) is 0 Å². The first-order valence-corrected chi connectivity index (χ1v) is 3.16. The van der Waals surface area contributed by atoms with Gasteiger partial charge in [-0.3, -0.25) is 9.59 Å². The second-order valence-electron chi connectivity index (χ2n) is 2.31. The number of hydrogen-bond donors (Lipinski definition) is 1. The van der Waals surface area contributed by atoms with Gasteiger partial charge in [0, 0.05) is 25.7 Å². The summed E-state index contributed by atoms with van der Waals surface area (Å²) >= 11 is 0. The van der Waals surface area contributed by atoms with Crippen molar-refractivity contribution in [2.24, 2.45) is 5.73 Å². The van der Waals surface area contributed by atoms with Gasteiger partial charge in [-0.2, -0.15) is 0 Å². The fraction of sp³-hybridized carbons (Fsp3) is 0.429. The lowest BCUT2D eigenvalue weighted by atomic mass is 10.3. The van der Waals surface area contributed by atoms with E-state index < -0.39 is 5.91 Å². The van der Waals surface area contributed by atoms with E-state index in [2.05, 4.69) is 0 Å². The average Bonchev–Trinajstić information content (AvgIpc) is 1.87. The Morgan fingerprint density at radius 3 is 2.09 bits per heavy atom. The van der Waals surface area contributed by atoms with Crippen molar-refractivity contribution in [3.05, 3.63) is 11.8 Å². The molecule has 2 N–H and O–H groups in total. The highest BCUT2D eigenvalue weighted by molar-refractivity contribution is 5.91. The number of nitrogens with zero attached hydrogens (tertiary/aromatic N) is 1. The van der Waals surface area contributed by atoms with E-state index in [-0.39, 0.29) is 5.91 Å². The highest BCUT2D eigenvalue weighted by Gasteiger charge is 2.01. The molecule has 0 saturated heterocycles. The molecule has 0 aromatic rings. The van der Waals surface area contributed by atoms with Crippen molar-refractivity contribution in [1.29, 1.82) is 0 Å². The molecule has 4 nitrogen and oxygen atoms in total. The molecule has 0 aliphatic carbocycles. The smallest absolute Gasteiger partial charge is 0.245 e. The van der Waals surface area contributed by atoms with Crippen LogP contribution in [0.5, 0.6) is 0 Å². The van der Waals surface area contributed by atoms with Gasteiger partial charge in [0.15, 0.2) is 0 Å². The van der Waals surface area contributed by atoms with Crippen LogP contribution in [0.1, 0.15) is 13.8 Å². The van der Waals surface area contributed by atoms with Crippen molar-refractivity contribution in [3.63, 3.8) is 0 Å². The molecule has 0 aromatic heterocycles. The maximum absolute atomic E-state index is 10.6. The van der Waals surface area contributed by atoms with Gasteiger partial charge in [0.1, 0.15) is 0 Å². The molecule has 0 spiro atoms. The Morgan fingerprint density at radius 2 is 1.82 bits per heavy atom.